The molecule has 0 amide bonds. The molecule has 0 atom stereocenters. The number of nitrogens with zero attached hydrogens (tertiary/aromatic N) is 2. The van der Waals surface area contributed by atoms with E-state index in [1.54, 1.807) is 0 Å². The maximum atomic E-state index is 12.5. The van der Waals surface area contributed by atoms with Crippen molar-refractivity contribution < 1.29 is 9.53 Å². The number of carbonyl (C=O) groups is 1. The monoisotopic (exact) mass is 432 g/mol. The molecule has 0 unspecified atom stereocenters. The van der Waals surface area contributed by atoms with Crippen molar-refractivity contribution in [3.05, 3.63) is 47.7 Å². The van der Waals surface area contributed by atoms with Crippen LogP contribution in [0.3, 0.4) is 0 Å². The number of pyridine rings is 1. The summed E-state index contributed by atoms with van der Waals surface area (Å²) in [6.07, 6.45) is 9.78. The summed E-state index contributed by atoms with van der Waals surface area (Å²) in [5, 5.41) is 12.5. The van der Waals surface area contributed by atoms with Gasteiger partial charge in [-0.3, -0.25) is 0 Å². The van der Waals surface area contributed by atoms with Crippen molar-refractivity contribution in [2.75, 3.05) is 30.4 Å². The number of aromatic nitrogens is 1. The highest BCUT2D eigenvalue weighted by Crippen LogP contribution is 2.47. The first kappa shape index (κ1) is 21.0. The van der Waals surface area contributed by atoms with E-state index in [9.17, 15) is 4.79 Å². The molecule has 2 saturated carbocycles. The predicted octanol–water partition coefficient (Wildman–Crippen LogP) is 5.55. The maximum absolute atomic E-state index is 12.5. The third-order valence-corrected chi connectivity index (χ3v) is 7.52. The zero-order valence-corrected chi connectivity index (χ0v) is 18.8. The highest BCUT2D eigenvalue weighted by atomic mass is 16.5. The summed E-state index contributed by atoms with van der Waals surface area (Å²) in [6.45, 7) is 1.99. The Morgan fingerprint density at radius 2 is 1.84 bits per heavy atom. The van der Waals surface area contributed by atoms with E-state index in [4.69, 9.17) is 10.1 Å². The van der Waals surface area contributed by atoms with Crippen molar-refractivity contribution >= 4 is 28.9 Å². The first-order valence-corrected chi connectivity index (χ1v) is 11.9. The summed E-state index contributed by atoms with van der Waals surface area (Å²) in [4.78, 5) is 19.5. The van der Waals surface area contributed by atoms with Gasteiger partial charge in [0.15, 0.2) is 5.69 Å². The molecule has 2 heterocycles. The van der Waals surface area contributed by atoms with E-state index in [2.05, 4.69) is 15.2 Å². The van der Waals surface area contributed by atoms with Gasteiger partial charge in [0.2, 0.25) is 0 Å². The number of ether oxygens (including phenoxy) is 1. The molecule has 1 aromatic heterocycles. The predicted molar refractivity (Wildman–Crippen MR) is 127 cm³/mol. The number of hydrogen-bond acceptors (Lipinski definition) is 6. The number of benzene rings is 1. The molecule has 3 fully saturated rings. The Labute approximate surface area is 189 Å². The van der Waals surface area contributed by atoms with Gasteiger partial charge in [-0.1, -0.05) is 43.9 Å². The number of hydrogen-bond donors (Lipinski definition) is 2. The largest absolute Gasteiger partial charge is 0.464 e. The minimum atomic E-state index is -0.447. The Balaban J connectivity index is 1.56. The lowest BCUT2D eigenvalue weighted by atomic mass is 9.68. The molecule has 1 aliphatic heterocycles. The number of para-hydroxylation sites is 1. The van der Waals surface area contributed by atoms with Crippen molar-refractivity contribution in [2.45, 2.75) is 51.4 Å². The molecule has 1 saturated heterocycles. The first-order chi connectivity index (χ1) is 15.6. The standard InChI is InChI=1S/C26H32N4O2/c1-32-25(31)20-15-21(30-16-26(17-30)13-6-3-7-14-26)22(23(27)18-9-8-10-18)24(29-20)28-19-11-4-2-5-12-19/h2,4-5,11-12,15,18,27H,3,6-10,13-14,16-17H2,1H3,(H,28,29). The molecular formula is C26H32N4O2. The SMILES string of the molecule is COC(=O)c1cc(N2CC3(CCCCC3)C2)c(C(=N)C2CCC2)c(Nc2ccccc2)n1. The maximum Gasteiger partial charge on any atom is 0.356 e. The van der Waals surface area contributed by atoms with E-state index in [1.165, 1.54) is 45.6 Å². The van der Waals surface area contributed by atoms with Crippen LogP contribution in [0.5, 0.6) is 0 Å². The minimum absolute atomic E-state index is 0.265. The normalized spacial score (nSPS) is 19.7. The van der Waals surface area contributed by atoms with Gasteiger partial charge in [0.25, 0.3) is 0 Å². The Morgan fingerprint density at radius 1 is 1.12 bits per heavy atom. The highest BCUT2D eigenvalue weighted by Gasteiger charge is 2.45. The van der Waals surface area contributed by atoms with Crippen molar-refractivity contribution in [2.24, 2.45) is 11.3 Å². The molecule has 0 radical (unpaired) electrons. The van der Waals surface area contributed by atoms with Gasteiger partial charge in [-0.25, -0.2) is 9.78 Å². The lowest BCUT2D eigenvalue weighted by Gasteiger charge is -2.54. The second kappa shape index (κ2) is 8.57. The zero-order chi connectivity index (χ0) is 22.1. The minimum Gasteiger partial charge on any atom is -0.464 e. The van der Waals surface area contributed by atoms with Crippen LogP contribution < -0.4 is 10.2 Å². The first-order valence-electron chi connectivity index (χ1n) is 11.9. The summed E-state index contributed by atoms with van der Waals surface area (Å²) in [6, 6.07) is 11.7. The van der Waals surface area contributed by atoms with Crippen LogP contribution in [0.25, 0.3) is 0 Å². The molecule has 6 heteroatoms. The number of esters is 1. The van der Waals surface area contributed by atoms with Crippen LogP contribution in [0, 0.1) is 16.7 Å². The van der Waals surface area contributed by atoms with Crippen LogP contribution in [0.1, 0.15) is 67.4 Å². The van der Waals surface area contributed by atoms with Crippen LogP contribution in [0.4, 0.5) is 17.2 Å². The lowest BCUT2D eigenvalue weighted by molar-refractivity contribution is 0.0594. The number of rotatable bonds is 6. The number of anilines is 3. The third kappa shape index (κ3) is 3.87. The number of methoxy groups -OCH3 is 1. The molecule has 0 bridgehead atoms. The van der Waals surface area contributed by atoms with Crippen LogP contribution >= 0.6 is 0 Å². The van der Waals surface area contributed by atoms with Gasteiger partial charge < -0.3 is 20.4 Å². The van der Waals surface area contributed by atoms with Gasteiger partial charge in [0, 0.05) is 35.8 Å². The van der Waals surface area contributed by atoms with E-state index in [-0.39, 0.29) is 11.6 Å². The Kier molecular flexibility index (Phi) is 5.62. The van der Waals surface area contributed by atoms with Crippen LogP contribution in [0.2, 0.25) is 0 Å². The van der Waals surface area contributed by atoms with Crippen LogP contribution in [-0.2, 0) is 4.74 Å². The highest BCUT2D eigenvalue weighted by molar-refractivity contribution is 6.10. The lowest BCUT2D eigenvalue weighted by Crippen LogP contribution is -2.57. The topological polar surface area (TPSA) is 78.3 Å². The van der Waals surface area contributed by atoms with Gasteiger partial charge in [0.1, 0.15) is 5.82 Å². The van der Waals surface area contributed by atoms with Crippen molar-refractivity contribution in [3.8, 4) is 0 Å². The number of nitrogens with one attached hydrogen (secondary N) is 2. The Morgan fingerprint density at radius 3 is 2.47 bits per heavy atom. The van der Waals surface area contributed by atoms with Crippen molar-refractivity contribution in [1.82, 2.24) is 4.98 Å². The van der Waals surface area contributed by atoms with E-state index in [0.717, 1.165) is 42.9 Å². The van der Waals surface area contributed by atoms with E-state index >= 15 is 0 Å². The second-order valence-corrected chi connectivity index (χ2v) is 9.69. The fourth-order valence-electron chi connectivity index (χ4n) is 5.46. The Bertz CT molecular complexity index is 1000. The molecule has 1 spiro atoms. The Hall–Kier alpha value is -2.89. The van der Waals surface area contributed by atoms with Gasteiger partial charge in [-0.15, -0.1) is 0 Å². The average Bonchev–Trinajstić information content (AvgIpc) is 2.76. The molecule has 5 rings (SSSR count). The third-order valence-electron chi connectivity index (χ3n) is 7.52. The van der Waals surface area contributed by atoms with Gasteiger partial charge in [-0.2, -0.15) is 0 Å². The smallest absolute Gasteiger partial charge is 0.356 e. The quantitative estimate of drug-likeness (QED) is 0.462. The molecular weight excluding hydrogens is 400 g/mol. The molecule has 2 aromatic rings. The van der Waals surface area contributed by atoms with E-state index in [0.29, 0.717) is 16.9 Å². The van der Waals surface area contributed by atoms with Crippen LogP contribution in [-0.4, -0.2) is 36.9 Å². The van der Waals surface area contributed by atoms with Gasteiger partial charge >= 0.3 is 5.97 Å². The summed E-state index contributed by atoms with van der Waals surface area (Å²) in [7, 11) is 1.39. The van der Waals surface area contributed by atoms with Crippen molar-refractivity contribution in [3.63, 3.8) is 0 Å². The van der Waals surface area contributed by atoms with E-state index < -0.39 is 5.97 Å². The van der Waals surface area contributed by atoms with Crippen LogP contribution in [0.15, 0.2) is 36.4 Å². The van der Waals surface area contributed by atoms with Crippen molar-refractivity contribution in [1.29, 1.82) is 5.41 Å². The fraction of sp³-hybridized carbons (Fsp3) is 0.500. The average molecular weight is 433 g/mol. The fourth-order valence-corrected chi connectivity index (χ4v) is 5.46. The summed E-state index contributed by atoms with van der Waals surface area (Å²) in [5.74, 6) is 0.397. The van der Waals surface area contributed by atoms with Gasteiger partial charge in [0.05, 0.1) is 18.4 Å². The zero-order valence-electron chi connectivity index (χ0n) is 18.8. The molecule has 6 nitrogen and oxygen atoms in total. The molecule has 168 valence electrons. The van der Waals surface area contributed by atoms with Gasteiger partial charge in [-0.05, 0) is 43.9 Å². The molecule has 1 aromatic carbocycles. The molecule has 32 heavy (non-hydrogen) atoms. The number of carbonyl (C=O) groups excluding carboxylic acids is 1. The molecule has 2 N–H and O–H groups in total. The molecule has 3 aliphatic rings. The summed E-state index contributed by atoms with van der Waals surface area (Å²) < 4.78 is 5.02. The van der Waals surface area contributed by atoms with E-state index in [1.807, 2.05) is 36.4 Å². The molecule has 2 aliphatic carbocycles. The summed E-state index contributed by atoms with van der Waals surface area (Å²) in [5.41, 5.74) is 4.01. The second-order valence-electron chi connectivity index (χ2n) is 9.69. The summed E-state index contributed by atoms with van der Waals surface area (Å²) >= 11 is 0.